The summed E-state index contributed by atoms with van der Waals surface area (Å²) in [6, 6.07) is 5.55. The summed E-state index contributed by atoms with van der Waals surface area (Å²) in [7, 11) is 0. The highest BCUT2D eigenvalue weighted by molar-refractivity contribution is 5.85. The predicted molar refractivity (Wildman–Crippen MR) is 71.7 cm³/mol. The van der Waals surface area contributed by atoms with Gasteiger partial charge in [-0.25, -0.2) is 0 Å². The number of aliphatic hydroxyl groups excluding tert-OH is 2. The molecule has 0 bridgehead atoms. The second kappa shape index (κ2) is 8.47. The molecule has 0 saturated heterocycles. The van der Waals surface area contributed by atoms with Crippen LogP contribution in [0.1, 0.15) is 5.56 Å². The Labute approximate surface area is 108 Å². The number of halogens is 2. The Morgan fingerprint density at radius 1 is 1.38 bits per heavy atom. The molecule has 6 heteroatoms. The summed E-state index contributed by atoms with van der Waals surface area (Å²) in [5, 5.41) is 20.7. The summed E-state index contributed by atoms with van der Waals surface area (Å²) in [4.78, 5) is 0. The van der Waals surface area contributed by atoms with Gasteiger partial charge in [0, 0.05) is 17.9 Å². The molecular formula is C10H18Cl2N2O2. The lowest BCUT2D eigenvalue weighted by Crippen LogP contribution is -2.22. The van der Waals surface area contributed by atoms with E-state index in [9.17, 15) is 0 Å². The van der Waals surface area contributed by atoms with Gasteiger partial charge in [-0.05, 0) is 30.7 Å². The van der Waals surface area contributed by atoms with Crippen molar-refractivity contribution in [1.82, 2.24) is 0 Å². The summed E-state index contributed by atoms with van der Waals surface area (Å²) in [5.41, 5.74) is 8.29. The second-order valence-corrected chi connectivity index (χ2v) is 3.29. The minimum Gasteiger partial charge on any atom is -0.399 e. The highest BCUT2D eigenvalue weighted by Gasteiger charge is 2.01. The van der Waals surface area contributed by atoms with Crippen LogP contribution >= 0.6 is 24.8 Å². The van der Waals surface area contributed by atoms with Crippen LogP contribution in [-0.2, 0) is 0 Å². The third-order valence-corrected chi connectivity index (χ3v) is 2.02. The number of nitrogens with two attached hydrogens (primary N) is 1. The molecule has 1 atom stereocenters. The van der Waals surface area contributed by atoms with Crippen molar-refractivity contribution in [3.05, 3.63) is 23.8 Å². The molecule has 0 heterocycles. The number of nitrogen functional groups attached to an aromatic ring is 1. The van der Waals surface area contributed by atoms with Gasteiger partial charge in [0.2, 0.25) is 0 Å². The third-order valence-electron chi connectivity index (χ3n) is 2.02. The first kappa shape index (κ1) is 17.7. The molecule has 5 N–H and O–H groups in total. The third kappa shape index (κ3) is 5.42. The Hall–Kier alpha value is -0.680. The molecule has 1 rings (SSSR count). The molecular weight excluding hydrogens is 251 g/mol. The lowest BCUT2D eigenvalue weighted by molar-refractivity contribution is 0.105. The zero-order valence-corrected chi connectivity index (χ0v) is 10.6. The van der Waals surface area contributed by atoms with Crippen LogP contribution in [0.3, 0.4) is 0 Å². The van der Waals surface area contributed by atoms with Crippen molar-refractivity contribution in [3.8, 4) is 0 Å². The maximum absolute atomic E-state index is 9.11. The lowest BCUT2D eigenvalue weighted by Gasteiger charge is -2.11. The topological polar surface area (TPSA) is 78.5 Å². The highest BCUT2D eigenvalue weighted by atomic mass is 35.5. The van der Waals surface area contributed by atoms with Crippen LogP contribution in [0.4, 0.5) is 11.4 Å². The zero-order valence-electron chi connectivity index (χ0n) is 9.01. The van der Waals surface area contributed by atoms with Gasteiger partial charge in [-0.2, -0.15) is 0 Å². The Kier molecular flexibility index (Phi) is 9.37. The Balaban J connectivity index is 0. The van der Waals surface area contributed by atoms with E-state index in [2.05, 4.69) is 5.32 Å². The predicted octanol–water partition coefficient (Wildman–Crippen LogP) is 1.19. The molecule has 0 aliphatic carbocycles. The fourth-order valence-electron chi connectivity index (χ4n) is 1.09. The number of benzene rings is 1. The maximum atomic E-state index is 9.11. The molecule has 0 aromatic heterocycles. The monoisotopic (exact) mass is 268 g/mol. The SMILES string of the molecule is Cc1cc(NCC(O)CO)ccc1N.Cl.Cl. The molecule has 0 fully saturated rings. The van der Waals surface area contributed by atoms with Crippen molar-refractivity contribution in [3.63, 3.8) is 0 Å². The van der Waals surface area contributed by atoms with Crippen LogP contribution in [0.25, 0.3) is 0 Å². The van der Waals surface area contributed by atoms with Crippen LogP contribution in [-0.4, -0.2) is 29.5 Å². The number of hydrogen-bond donors (Lipinski definition) is 4. The van der Waals surface area contributed by atoms with Crippen LogP contribution in [0.2, 0.25) is 0 Å². The van der Waals surface area contributed by atoms with Crippen LogP contribution in [0.5, 0.6) is 0 Å². The van der Waals surface area contributed by atoms with Crippen molar-refractivity contribution < 1.29 is 10.2 Å². The molecule has 1 unspecified atom stereocenters. The van der Waals surface area contributed by atoms with Gasteiger partial charge in [0.1, 0.15) is 0 Å². The number of hydrogen-bond acceptors (Lipinski definition) is 4. The van der Waals surface area contributed by atoms with Gasteiger partial charge in [0.25, 0.3) is 0 Å². The number of anilines is 2. The maximum Gasteiger partial charge on any atom is 0.0942 e. The second-order valence-electron chi connectivity index (χ2n) is 3.29. The van der Waals surface area contributed by atoms with Gasteiger partial charge in [-0.3, -0.25) is 0 Å². The van der Waals surface area contributed by atoms with Crippen molar-refractivity contribution in [1.29, 1.82) is 0 Å². The molecule has 94 valence electrons. The molecule has 0 saturated carbocycles. The molecule has 0 aliphatic heterocycles. The Bertz CT molecular complexity index is 311. The van der Waals surface area contributed by atoms with Crippen molar-refractivity contribution in [2.24, 2.45) is 0 Å². The van der Waals surface area contributed by atoms with E-state index < -0.39 is 6.10 Å². The van der Waals surface area contributed by atoms with E-state index in [1.165, 1.54) is 0 Å². The van der Waals surface area contributed by atoms with Gasteiger partial charge in [-0.1, -0.05) is 0 Å². The Morgan fingerprint density at radius 3 is 2.50 bits per heavy atom. The van der Waals surface area contributed by atoms with Gasteiger partial charge in [0.05, 0.1) is 12.7 Å². The Morgan fingerprint density at radius 2 is 2.00 bits per heavy atom. The summed E-state index contributed by atoms with van der Waals surface area (Å²) in [6.07, 6.45) is -0.729. The van der Waals surface area contributed by atoms with Gasteiger partial charge in [-0.15, -0.1) is 24.8 Å². The number of aliphatic hydroxyl groups is 2. The lowest BCUT2D eigenvalue weighted by atomic mass is 10.2. The molecule has 0 radical (unpaired) electrons. The first-order valence-corrected chi connectivity index (χ1v) is 4.52. The van der Waals surface area contributed by atoms with Gasteiger partial charge < -0.3 is 21.3 Å². The minimum absolute atomic E-state index is 0. The number of nitrogens with one attached hydrogen (secondary N) is 1. The van der Waals surface area contributed by atoms with Crippen LogP contribution in [0, 0.1) is 6.92 Å². The fraction of sp³-hybridized carbons (Fsp3) is 0.400. The van der Waals surface area contributed by atoms with E-state index in [0.717, 1.165) is 16.9 Å². The van der Waals surface area contributed by atoms with E-state index in [4.69, 9.17) is 15.9 Å². The summed E-state index contributed by atoms with van der Waals surface area (Å²) >= 11 is 0. The van der Waals surface area contributed by atoms with Gasteiger partial charge >= 0.3 is 0 Å². The molecule has 1 aromatic rings. The van der Waals surface area contributed by atoms with E-state index in [0.29, 0.717) is 6.54 Å². The minimum atomic E-state index is -0.729. The highest BCUT2D eigenvalue weighted by Crippen LogP contribution is 2.16. The van der Waals surface area contributed by atoms with Crippen LogP contribution in [0.15, 0.2) is 18.2 Å². The van der Waals surface area contributed by atoms with Crippen molar-refractivity contribution in [2.45, 2.75) is 13.0 Å². The molecule has 16 heavy (non-hydrogen) atoms. The standard InChI is InChI=1S/C10H16N2O2.2ClH/c1-7-4-8(2-3-10(7)11)12-5-9(14)6-13;;/h2-4,9,12-14H,5-6,11H2,1H3;2*1H. The van der Waals surface area contributed by atoms with Crippen molar-refractivity contribution in [2.75, 3.05) is 24.2 Å². The van der Waals surface area contributed by atoms with E-state index in [1.54, 1.807) is 0 Å². The first-order chi connectivity index (χ1) is 6.63. The summed E-state index contributed by atoms with van der Waals surface area (Å²) in [6.45, 7) is 2.02. The first-order valence-electron chi connectivity index (χ1n) is 4.52. The molecule has 0 amide bonds. The average Bonchev–Trinajstić information content (AvgIpc) is 2.19. The summed E-state index contributed by atoms with van der Waals surface area (Å²) in [5.74, 6) is 0. The molecule has 1 aromatic carbocycles. The normalized spacial score (nSPS) is 10.9. The number of rotatable bonds is 4. The molecule has 0 aliphatic rings. The van der Waals surface area contributed by atoms with Crippen molar-refractivity contribution >= 4 is 36.2 Å². The average molecular weight is 269 g/mol. The van der Waals surface area contributed by atoms with E-state index in [-0.39, 0.29) is 31.4 Å². The fourth-order valence-corrected chi connectivity index (χ4v) is 1.09. The van der Waals surface area contributed by atoms with E-state index >= 15 is 0 Å². The van der Waals surface area contributed by atoms with Gasteiger partial charge in [0.15, 0.2) is 0 Å². The number of aryl methyl sites for hydroxylation is 1. The van der Waals surface area contributed by atoms with E-state index in [1.807, 2.05) is 25.1 Å². The molecule has 4 nitrogen and oxygen atoms in total. The zero-order chi connectivity index (χ0) is 10.6. The van der Waals surface area contributed by atoms with Crippen LogP contribution < -0.4 is 11.1 Å². The smallest absolute Gasteiger partial charge is 0.0942 e. The molecule has 0 spiro atoms. The largest absolute Gasteiger partial charge is 0.399 e. The summed E-state index contributed by atoms with van der Waals surface area (Å²) < 4.78 is 0. The quantitative estimate of drug-likeness (QED) is 0.619.